The van der Waals surface area contributed by atoms with Crippen molar-refractivity contribution in [3.8, 4) is 6.07 Å². The second-order valence-electron chi connectivity index (χ2n) is 3.31. The number of hydrogen-bond acceptors (Lipinski definition) is 2. The molecule has 1 aromatic heterocycles. The highest BCUT2D eigenvalue weighted by molar-refractivity contribution is 5.38. The average molecular weight is 194 g/mol. The summed E-state index contributed by atoms with van der Waals surface area (Å²) in [5, 5.41) is 8.91. The molecule has 0 N–H and O–H groups in total. The molecule has 0 aliphatic rings. The first-order valence-corrected chi connectivity index (χ1v) is 4.77. The molecule has 72 valence electrons. The van der Waals surface area contributed by atoms with Gasteiger partial charge >= 0.3 is 0 Å². The Morgan fingerprint density at radius 3 is 2.67 bits per heavy atom. The molecule has 0 radical (unpaired) electrons. The number of benzene rings is 1. The molecular weight excluding hydrogens is 184 g/mol. The van der Waals surface area contributed by atoms with Gasteiger partial charge in [0.05, 0.1) is 5.56 Å². The highest BCUT2D eigenvalue weighted by Gasteiger charge is 2.01. The van der Waals surface area contributed by atoms with Crippen LogP contribution in [0, 0.1) is 11.3 Å². The molecule has 0 aliphatic heterocycles. The first kappa shape index (κ1) is 9.42. The molecule has 0 unspecified atom stereocenters. The lowest BCUT2D eigenvalue weighted by molar-refractivity contribution is 1.14. The SMILES string of the molecule is N#Cc1cnccc1Cc1ccccc1. The summed E-state index contributed by atoms with van der Waals surface area (Å²) in [5.41, 5.74) is 2.89. The first-order chi connectivity index (χ1) is 7.40. The smallest absolute Gasteiger partial charge is 0.101 e. The van der Waals surface area contributed by atoms with Gasteiger partial charge in [-0.1, -0.05) is 30.3 Å². The van der Waals surface area contributed by atoms with Gasteiger partial charge in [0, 0.05) is 12.4 Å². The fraction of sp³-hybridized carbons (Fsp3) is 0.0769. The molecule has 0 saturated heterocycles. The lowest BCUT2D eigenvalue weighted by atomic mass is 10.0. The molecule has 1 aromatic carbocycles. The lowest BCUT2D eigenvalue weighted by Crippen LogP contribution is -1.92. The van der Waals surface area contributed by atoms with E-state index >= 15 is 0 Å². The van der Waals surface area contributed by atoms with Crippen molar-refractivity contribution in [3.63, 3.8) is 0 Å². The van der Waals surface area contributed by atoms with Crippen molar-refractivity contribution in [2.24, 2.45) is 0 Å². The van der Waals surface area contributed by atoms with Crippen LogP contribution in [0.1, 0.15) is 16.7 Å². The Hall–Kier alpha value is -2.14. The largest absolute Gasteiger partial charge is 0.263 e. The van der Waals surface area contributed by atoms with Crippen molar-refractivity contribution in [2.75, 3.05) is 0 Å². The quantitative estimate of drug-likeness (QED) is 0.736. The summed E-state index contributed by atoms with van der Waals surface area (Å²) in [5.74, 6) is 0. The second-order valence-corrected chi connectivity index (χ2v) is 3.31. The minimum atomic E-state index is 0.654. The molecule has 15 heavy (non-hydrogen) atoms. The molecule has 2 rings (SSSR count). The van der Waals surface area contributed by atoms with E-state index in [9.17, 15) is 0 Å². The number of hydrogen-bond donors (Lipinski definition) is 0. The summed E-state index contributed by atoms with van der Waals surface area (Å²) in [6.45, 7) is 0. The molecule has 0 aliphatic carbocycles. The van der Waals surface area contributed by atoms with Gasteiger partial charge in [-0.05, 0) is 23.6 Å². The predicted octanol–water partition coefficient (Wildman–Crippen LogP) is 2.54. The van der Waals surface area contributed by atoms with Crippen molar-refractivity contribution < 1.29 is 0 Å². The summed E-state index contributed by atoms with van der Waals surface area (Å²) < 4.78 is 0. The molecule has 2 aromatic rings. The lowest BCUT2D eigenvalue weighted by Gasteiger charge is -2.02. The van der Waals surface area contributed by atoms with Gasteiger partial charge < -0.3 is 0 Å². The fourth-order valence-electron chi connectivity index (χ4n) is 1.49. The molecule has 0 bridgehead atoms. The highest BCUT2D eigenvalue weighted by atomic mass is 14.6. The zero-order valence-electron chi connectivity index (χ0n) is 8.22. The van der Waals surface area contributed by atoms with Gasteiger partial charge in [-0.2, -0.15) is 5.26 Å². The highest BCUT2D eigenvalue weighted by Crippen LogP contribution is 2.11. The molecule has 1 heterocycles. The fourth-order valence-corrected chi connectivity index (χ4v) is 1.49. The third-order valence-corrected chi connectivity index (χ3v) is 2.27. The van der Waals surface area contributed by atoms with Crippen LogP contribution in [0.3, 0.4) is 0 Å². The molecule has 2 heteroatoms. The number of rotatable bonds is 2. The Labute approximate surface area is 88.8 Å². The number of aromatic nitrogens is 1. The van der Waals surface area contributed by atoms with E-state index in [0.717, 1.165) is 12.0 Å². The van der Waals surface area contributed by atoms with Crippen molar-refractivity contribution in [3.05, 3.63) is 65.5 Å². The molecule has 2 nitrogen and oxygen atoms in total. The van der Waals surface area contributed by atoms with E-state index in [-0.39, 0.29) is 0 Å². The van der Waals surface area contributed by atoms with Crippen LogP contribution in [0.25, 0.3) is 0 Å². The van der Waals surface area contributed by atoms with Crippen LogP contribution in [-0.4, -0.2) is 4.98 Å². The molecular formula is C13H10N2. The number of nitriles is 1. The zero-order valence-corrected chi connectivity index (χ0v) is 8.22. The summed E-state index contributed by atoms with van der Waals surface area (Å²) in [7, 11) is 0. The van der Waals surface area contributed by atoms with Crippen LogP contribution < -0.4 is 0 Å². The standard InChI is InChI=1S/C13H10N2/c14-9-13-10-15-7-6-12(13)8-11-4-2-1-3-5-11/h1-7,10H,8H2. The molecule has 0 spiro atoms. The topological polar surface area (TPSA) is 36.7 Å². The normalized spacial score (nSPS) is 9.53. The van der Waals surface area contributed by atoms with Crippen molar-refractivity contribution in [2.45, 2.75) is 6.42 Å². The van der Waals surface area contributed by atoms with Crippen LogP contribution in [-0.2, 0) is 6.42 Å². The van der Waals surface area contributed by atoms with Gasteiger partial charge in [0.1, 0.15) is 6.07 Å². The minimum absolute atomic E-state index is 0.654. The van der Waals surface area contributed by atoms with Crippen LogP contribution in [0.15, 0.2) is 48.8 Å². The van der Waals surface area contributed by atoms with Gasteiger partial charge in [-0.3, -0.25) is 4.98 Å². The Morgan fingerprint density at radius 2 is 1.93 bits per heavy atom. The Kier molecular flexibility index (Phi) is 2.75. The third kappa shape index (κ3) is 2.21. The number of nitrogens with zero attached hydrogens (tertiary/aromatic N) is 2. The Bertz CT molecular complexity index is 483. The molecule has 0 fully saturated rings. The van der Waals surface area contributed by atoms with E-state index < -0.39 is 0 Å². The van der Waals surface area contributed by atoms with E-state index in [1.165, 1.54) is 5.56 Å². The van der Waals surface area contributed by atoms with E-state index in [1.807, 2.05) is 24.3 Å². The van der Waals surface area contributed by atoms with Gasteiger partial charge in [-0.25, -0.2) is 0 Å². The van der Waals surface area contributed by atoms with Gasteiger partial charge in [0.15, 0.2) is 0 Å². The van der Waals surface area contributed by atoms with Crippen LogP contribution in [0.5, 0.6) is 0 Å². The van der Waals surface area contributed by atoms with E-state index in [0.29, 0.717) is 5.56 Å². The molecule has 0 atom stereocenters. The van der Waals surface area contributed by atoms with Gasteiger partial charge in [0.25, 0.3) is 0 Å². The van der Waals surface area contributed by atoms with Crippen LogP contribution >= 0.6 is 0 Å². The monoisotopic (exact) mass is 194 g/mol. The maximum absolute atomic E-state index is 8.91. The maximum atomic E-state index is 8.91. The van der Waals surface area contributed by atoms with Crippen molar-refractivity contribution >= 4 is 0 Å². The maximum Gasteiger partial charge on any atom is 0.101 e. The van der Waals surface area contributed by atoms with E-state index in [1.54, 1.807) is 12.4 Å². The average Bonchev–Trinajstić information content (AvgIpc) is 2.31. The predicted molar refractivity (Wildman–Crippen MR) is 58.2 cm³/mol. The van der Waals surface area contributed by atoms with Crippen molar-refractivity contribution in [1.82, 2.24) is 4.98 Å². The van der Waals surface area contributed by atoms with Crippen LogP contribution in [0.4, 0.5) is 0 Å². The van der Waals surface area contributed by atoms with Gasteiger partial charge in [0.2, 0.25) is 0 Å². The minimum Gasteiger partial charge on any atom is -0.263 e. The van der Waals surface area contributed by atoms with Gasteiger partial charge in [-0.15, -0.1) is 0 Å². The summed E-state index contributed by atoms with van der Waals surface area (Å²) in [6, 6.07) is 14.2. The van der Waals surface area contributed by atoms with Crippen LogP contribution in [0.2, 0.25) is 0 Å². The molecule has 0 saturated carbocycles. The summed E-state index contributed by atoms with van der Waals surface area (Å²) in [4.78, 5) is 3.94. The van der Waals surface area contributed by atoms with E-state index in [2.05, 4.69) is 23.2 Å². The second kappa shape index (κ2) is 4.39. The third-order valence-electron chi connectivity index (χ3n) is 2.27. The first-order valence-electron chi connectivity index (χ1n) is 4.77. The Balaban J connectivity index is 2.29. The number of pyridine rings is 1. The summed E-state index contributed by atoms with van der Waals surface area (Å²) >= 11 is 0. The zero-order chi connectivity index (χ0) is 10.5. The summed E-state index contributed by atoms with van der Waals surface area (Å²) in [6.07, 6.45) is 4.11. The molecule has 0 amide bonds. The Morgan fingerprint density at radius 1 is 1.13 bits per heavy atom. The van der Waals surface area contributed by atoms with E-state index in [4.69, 9.17) is 5.26 Å². The van der Waals surface area contributed by atoms with Crippen molar-refractivity contribution in [1.29, 1.82) is 5.26 Å².